The van der Waals surface area contributed by atoms with Crippen LogP contribution in [0.3, 0.4) is 0 Å². The number of aromatic nitrogens is 1. The van der Waals surface area contributed by atoms with Gasteiger partial charge in [0, 0.05) is 24.2 Å². The molecule has 0 radical (unpaired) electrons. The van der Waals surface area contributed by atoms with E-state index in [2.05, 4.69) is 9.98 Å². The lowest BCUT2D eigenvalue weighted by Crippen LogP contribution is -2.55. The summed E-state index contributed by atoms with van der Waals surface area (Å²) < 4.78 is 27.6. The van der Waals surface area contributed by atoms with Crippen LogP contribution in [0.5, 0.6) is 0 Å². The number of nitrogens with zero attached hydrogens (tertiary/aromatic N) is 4. The number of hydrogen-bond donors (Lipinski definition) is 2. The number of carboxylic acid groups (broad SMARTS) is 2. The van der Waals surface area contributed by atoms with Crippen LogP contribution in [0.15, 0.2) is 28.3 Å². The van der Waals surface area contributed by atoms with Crippen LogP contribution in [0.1, 0.15) is 17.8 Å². The minimum atomic E-state index is -3.00. The predicted octanol–water partition coefficient (Wildman–Crippen LogP) is 1.32. The molecule has 0 unspecified atom stereocenters. The van der Waals surface area contributed by atoms with E-state index in [9.17, 15) is 28.6 Å². The standard InChI is InChI=1S/C15H16F2N4O4S/c16-15(17)2-1-10(14(24)25)21(7-15)8-20-6-9(13(22)23)5-19-11(20)12-18-3-4-26-12/h3-4,6,10H,1-2,5,7-8H2,(H,22,23)(H,24,25)/t10-/m1/s1. The van der Waals surface area contributed by atoms with E-state index in [1.165, 1.54) is 22.4 Å². The number of alkyl halides is 2. The van der Waals surface area contributed by atoms with Gasteiger partial charge in [-0.15, -0.1) is 11.3 Å². The second kappa shape index (κ2) is 7.08. The van der Waals surface area contributed by atoms with Crippen molar-refractivity contribution < 1.29 is 28.6 Å². The second-order valence-electron chi connectivity index (χ2n) is 6.04. The molecule has 3 heterocycles. The second-order valence-corrected chi connectivity index (χ2v) is 6.94. The van der Waals surface area contributed by atoms with Crippen LogP contribution in [0, 0.1) is 0 Å². The largest absolute Gasteiger partial charge is 0.480 e. The van der Waals surface area contributed by atoms with E-state index in [0.29, 0.717) is 10.8 Å². The molecule has 1 aromatic rings. The molecule has 8 nitrogen and oxygen atoms in total. The Morgan fingerprint density at radius 3 is 2.77 bits per heavy atom. The van der Waals surface area contributed by atoms with Crippen LogP contribution in [0.25, 0.3) is 0 Å². The fraction of sp³-hybridized carbons (Fsp3) is 0.467. The van der Waals surface area contributed by atoms with Gasteiger partial charge in [0.1, 0.15) is 6.04 Å². The fourth-order valence-corrected chi connectivity index (χ4v) is 3.60. The van der Waals surface area contributed by atoms with E-state index in [4.69, 9.17) is 0 Å². The van der Waals surface area contributed by atoms with Gasteiger partial charge in [0.25, 0.3) is 5.92 Å². The van der Waals surface area contributed by atoms with Crippen molar-refractivity contribution in [3.63, 3.8) is 0 Å². The van der Waals surface area contributed by atoms with Gasteiger partial charge in [-0.05, 0) is 6.42 Å². The number of rotatable bonds is 5. The third-order valence-electron chi connectivity index (χ3n) is 4.16. The Morgan fingerprint density at radius 1 is 1.38 bits per heavy atom. The molecule has 11 heteroatoms. The Bertz CT molecular complexity index is 766. The van der Waals surface area contributed by atoms with Gasteiger partial charge < -0.3 is 15.1 Å². The molecule has 0 aromatic carbocycles. The van der Waals surface area contributed by atoms with Crippen molar-refractivity contribution in [3.8, 4) is 0 Å². The third kappa shape index (κ3) is 3.88. The van der Waals surface area contributed by atoms with E-state index < -0.39 is 36.9 Å². The molecule has 0 amide bonds. The molecule has 1 aromatic heterocycles. The number of piperidine rings is 1. The number of hydrogen-bond acceptors (Lipinski definition) is 7. The number of thiazole rings is 1. The normalized spacial score (nSPS) is 23.3. The number of carboxylic acids is 2. The first-order valence-corrected chi connectivity index (χ1v) is 8.64. The van der Waals surface area contributed by atoms with Crippen molar-refractivity contribution in [1.29, 1.82) is 0 Å². The average Bonchev–Trinajstić information content (AvgIpc) is 3.07. The first-order valence-electron chi connectivity index (χ1n) is 7.76. The van der Waals surface area contributed by atoms with Gasteiger partial charge in [0.15, 0.2) is 10.8 Å². The van der Waals surface area contributed by atoms with Crippen LogP contribution >= 0.6 is 11.3 Å². The summed E-state index contributed by atoms with van der Waals surface area (Å²) in [5, 5.41) is 20.8. The third-order valence-corrected chi connectivity index (χ3v) is 4.93. The molecule has 1 atom stereocenters. The van der Waals surface area contributed by atoms with Crippen LogP contribution in [-0.4, -0.2) is 74.5 Å². The van der Waals surface area contributed by atoms with Gasteiger partial charge in [0.05, 0.1) is 25.3 Å². The molecule has 0 saturated carbocycles. The minimum Gasteiger partial charge on any atom is -0.480 e. The van der Waals surface area contributed by atoms with Gasteiger partial charge in [0.2, 0.25) is 0 Å². The predicted molar refractivity (Wildman–Crippen MR) is 88.3 cm³/mol. The molecule has 0 spiro atoms. The highest BCUT2D eigenvalue weighted by Crippen LogP contribution is 2.31. The van der Waals surface area contributed by atoms with Crippen molar-refractivity contribution in [2.75, 3.05) is 19.8 Å². The molecule has 26 heavy (non-hydrogen) atoms. The minimum absolute atomic E-state index is 0.0130. The topological polar surface area (TPSA) is 106 Å². The molecular weight excluding hydrogens is 370 g/mol. The maximum Gasteiger partial charge on any atom is 0.334 e. The highest BCUT2D eigenvalue weighted by Gasteiger charge is 2.43. The zero-order valence-corrected chi connectivity index (χ0v) is 14.3. The van der Waals surface area contributed by atoms with Gasteiger partial charge in [-0.1, -0.05) is 0 Å². The van der Waals surface area contributed by atoms with Crippen molar-refractivity contribution in [1.82, 2.24) is 14.8 Å². The maximum absolute atomic E-state index is 13.8. The van der Waals surface area contributed by atoms with Crippen molar-refractivity contribution in [3.05, 3.63) is 28.4 Å². The van der Waals surface area contributed by atoms with E-state index in [-0.39, 0.29) is 25.2 Å². The fourth-order valence-electron chi connectivity index (χ4n) is 2.94. The highest BCUT2D eigenvalue weighted by molar-refractivity contribution is 7.11. The van der Waals surface area contributed by atoms with Crippen molar-refractivity contribution in [2.24, 2.45) is 4.99 Å². The van der Waals surface area contributed by atoms with Crippen LogP contribution in [0.2, 0.25) is 0 Å². The first kappa shape index (κ1) is 18.4. The lowest BCUT2D eigenvalue weighted by atomic mass is 10.00. The quantitative estimate of drug-likeness (QED) is 0.786. The monoisotopic (exact) mass is 386 g/mol. The number of aliphatic imine (C=N–C) groups is 1. The summed E-state index contributed by atoms with van der Waals surface area (Å²) in [4.78, 5) is 33.5. The SMILES string of the molecule is O=C(O)C1=CN(CN2CC(F)(F)CC[C@@H]2C(=O)O)C(c2nccs2)=NC1. The number of amidine groups is 1. The smallest absolute Gasteiger partial charge is 0.334 e. The average molecular weight is 386 g/mol. The van der Waals surface area contributed by atoms with Gasteiger partial charge in [-0.25, -0.2) is 18.6 Å². The highest BCUT2D eigenvalue weighted by atomic mass is 32.1. The molecule has 0 aliphatic carbocycles. The number of halogens is 2. The van der Waals surface area contributed by atoms with Crippen LogP contribution < -0.4 is 0 Å². The summed E-state index contributed by atoms with van der Waals surface area (Å²) in [6, 6.07) is -1.07. The summed E-state index contributed by atoms with van der Waals surface area (Å²) >= 11 is 1.27. The zero-order chi connectivity index (χ0) is 18.9. The first-order chi connectivity index (χ1) is 12.3. The summed E-state index contributed by atoms with van der Waals surface area (Å²) in [5.41, 5.74) is -0.0130. The Hall–Kier alpha value is -2.40. The lowest BCUT2D eigenvalue weighted by Gasteiger charge is -2.40. The Kier molecular flexibility index (Phi) is 5.01. The van der Waals surface area contributed by atoms with Crippen LogP contribution in [0.4, 0.5) is 8.78 Å². The maximum atomic E-state index is 13.8. The summed E-state index contributed by atoms with van der Waals surface area (Å²) in [6.45, 7) is -1.01. The van der Waals surface area contributed by atoms with Crippen LogP contribution in [-0.2, 0) is 9.59 Å². The van der Waals surface area contributed by atoms with Gasteiger partial charge in [-0.2, -0.15) is 0 Å². The molecule has 140 valence electrons. The molecule has 2 N–H and O–H groups in total. The molecule has 1 fully saturated rings. The van der Waals surface area contributed by atoms with E-state index in [0.717, 1.165) is 4.90 Å². The van der Waals surface area contributed by atoms with Gasteiger partial charge in [-0.3, -0.25) is 14.7 Å². The molecule has 0 bridgehead atoms. The summed E-state index contributed by atoms with van der Waals surface area (Å²) in [7, 11) is 0. The number of aliphatic carboxylic acids is 2. The molecule has 2 aliphatic heterocycles. The number of carbonyl (C=O) groups is 2. The van der Waals surface area contributed by atoms with Crippen molar-refractivity contribution in [2.45, 2.75) is 24.8 Å². The summed E-state index contributed by atoms with van der Waals surface area (Å²) in [5.74, 6) is -5.02. The molecule has 2 aliphatic rings. The lowest BCUT2D eigenvalue weighted by molar-refractivity contribution is -0.153. The van der Waals surface area contributed by atoms with Gasteiger partial charge >= 0.3 is 11.9 Å². The molecule has 1 saturated heterocycles. The van der Waals surface area contributed by atoms with E-state index in [1.54, 1.807) is 11.6 Å². The van der Waals surface area contributed by atoms with Crippen molar-refractivity contribution >= 4 is 29.1 Å². The zero-order valence-electron chi connectivity index (χ0n) is 13.5. The van der Waals surface area contributed by atoms with E-state index >= 15 is 0 Å². The Labute approximate surface area is 151 Å². The molecule has 3 rings (SSSR count). The molecular formula is C15H16F2N4O4S. The Balaban J connectivity index is 1.89. The Morgan fingerprint density at radius 2 is 2.15 bits per heavy atom. The number of likely N-dealkylation sites (tertiary alicyclic amines) is 1. The summed E-state index contributed by atoms with van der Waals surface area (Å²) in [6.07, 6.45) is 2.17. The van der Waals surface area contributed by atoms with E-state index in [1.807, 2.05) is 0 Å².